The van der Waals surface area contributed by atoms with E-state index in [2.05, 4.69) is 10.1 Å². The summed E-state index contributed by atoms with van der Waals surface area (Å²) in [6, 6.07) is 6.56. The van der Waals surface area contributed by atoms with Crippen molar-refractivity contribution in [2.45, 2.75) is 24.9 Å². The monoisotopic (exact) mass is 292 g/mol. The number of hydrogen-bond donors (Lipinski definition) is 0. The van der Waals surface area contributed by atoms with E-state index in [1.807, 2.05) is 6.07 Å². The summed E-state index contributed by atoms with van der Waals surface area (Å²) in [5, 5.41) is 3.93. The summed E-state index contributed by atoms with van der Waals surface area (Å²) in [6.07, 6.45) is 1.37. The second kappa shape index (κ2) is 5.91. The lowest BCUT2D eigenvalue weighted by atomic mass is 9.74. The maximum Gasteiger partial charge on any atom is 0.237 e. The molecule has 1 aliphatic rings. The van der Waals surface area contributed by atoms with Crippen LogP contribution in [-0.2, 0) is 21.5 Å². The standard InChI is InChI=1S/C15H17FN2O3/c1-19-10-13-17-14(21-18-13)15(5-7-20-8-6-15)11-3-2-4-12(16)9-11/h2-4,9H,5-8,10H2,1H3. The van der Waals surface area contributed by atoms with Gasteiger partial charge in [-0.25, -0.2) is 4.39 Å². The lowest BCUT2D eigenvalue weighted by Gasteiger charge is -2.34. The molecule has 0 aliphatic carbocycles. The molecule has 1 aliphatic heterocycles. The fraction of sp³-hybridized carbons (Fsp3) is 0.467. The van der Waals surface area contributed by atoms with E-state index in [0.29, 0.717) is 44.4 Å². The molecule has 1 aromatic carbocycles. The van der Waals surface area contributed by atoms with Gasteiger partial charge < -0.3 is 14.0 Å². The molecule has 112 valence electrons. The van der Waals surface area contributed by atoms with Crippen molar-refractivity contribution >= 4 is 0 Å². The van der Waals surface area contributed by atoms with Crippen LogP contribution in [0.4, 0.5) is 4.39 Å². The molecule has 21 heavy (non-hydrogen) atoms. The summed E-state index contributed by atoms with van der Waals surface area (Å²) < 4.78 is 29.5. The molecule has 1 aromatic heterocycles. The Labute approximate surface area is 122 Å². The van der Waals surface area contributed by atoms with Crippen molar-refractivity contribution in [2.24, 2.45) is 0 Å². The Morgan fingerprint density at radius 1 is 1.33 bits per heavy atom. The number of nitrogens with zero attached hydrogens (tertiary/aromatic N) is 2. The number of benzene rings is 1. The van der Waals surface area contributed by atoms with Crippen LogP contribution in [0.25, 0.3) is 0 Å². The van der Waals surface area contributed by atoms with Crippen molar-refractivity contribution < 1.29 is 18.4 Å². The van der Waals surface area contributed by atoms with E-state index < -0.39 is 5.41 Å². The highest BCUT2D eigenvalue weighted by atomic mass is 19.1. The van der Waals surface area contributed by atoms with Crippen LogP contribution in [0.3, 0.4) is 0 Å². The number of ether oxygens (including phenoxy) is 2. The van der Waals surface area contributed by atoms with Gasteiger partial charge in [0.25, 0.3) is 0 Å². The normalized spacial score (nSPS) is 17.8. The predicted octanol–water partition coefficient (Wildman–Crippen LogP) is 2.45. The zero-order valence-corrected chi connectivity index (χ0v) is 11.8. The first kappa shape index (κ1) is 14.2. The van der Waals surface area contributed by atoms with Gasteiger partial charge >= 0.3 is 0 Å². The number of methoxy groups -OCH3 is 1. The topological polar surface area (TPSA) is 57.4 Å². The Kier molecular flexibility index (Phi) is 3.98. The van der Waals surface area contributed by atoms with Gasteiger partial charge in [-0.15, -0.1) is 0 Å². The van der Waals surface area contributed by atoms with Crippen LogP contribution in [0, 0.1) is 5.82 Å². The molecule has 1 saturated heterocycles. The van der Waals surface area contributed by atoms with Crippen molar-refractivity contribution in [3.63, 3.8) is 0 Å². The first-order valence-corrected chi connectivity index (χ1v) is 6.90. The molecule has 0 N–H and O–H groups in total. The fourth-order valence-electron chi connectivity index (χ4n) is 2.77. The Bertz CT molecular complexity index is 608. The minimum absolute atomic E-state index is 0.269. The summed E-state index contributed by atoms with van der Waals surface area (Å²) in [4.78, 5) is 4.42. The van der Waals surface area contributed by atoms with Crippen molar-refractivity contribution in [2.75, 3.05) is 20.3 Å². The summed E-state index contributed by atoms with van der Waals surface area (Å²) in [5.41, 5.74) is 0.359. The third-order valence-corrected chi connectivity index (χ3v) is 3.87. The van der Waals surface area contributed by atoms with Gasteiger partial charge in [-0.2, -0.15) is 4.98 Å². The van der Waals surface area contributed by atoms with E-state index in [9.17, 15) is 4.39 Å². The molecule has 0 atom stereocenters. The molecule has 0 unspecified atom stereocenters. The Morgan fingerprint density at radius 2 is 2.14 bits per heavy atom. The summed E-state index contributed by atoms with van der Waals surface area (Å²) in [6.45, 7) is 1.45. The summed E-state index contributed by atoms with van der Waals surface area (Å²) >= 11 is 0. The van der Waals surface area contributed by atoms with E-state index >= 15 is 0 Å². The van der Waals surface area contributed by atoms with E-state index in [1.165, 1.54) is 12.1 Å². The SMILES string of the molecule is COCc1noc(C2(c3cccc(F)c3)CCOCC2)n1. The molecule has 0 bridgehead atoms. The quantitative estimate of drug-likeness (QED) is 0.866. The first-order chi connectivity index (χ1) is 10.2. The van der Waals surface area contributed by atoms with Crippen LogP contribution in [0.5, 0.6) is 0 Å². The lowest BCUT2D eigenvalue weighted by molar-refractivity contribution is 0.0522. The van der Waals surface area contributed by atoms with Crippen molar-refractivity contribution in [3.05, 3.63) is 47.4 Å². The van der Waals surface area contributed by atoms with E-state index in [1.54, 1.807) is 13.2 Å². The minimum Gasteiger partial charge on any atom is -0.381 e. The van der Waals surface area contributed by atoms with Crippen LogP contribution in [0.15, 0.2) is 28.8 Å². The van der Waals surface area contributed by atoms with E-state index in [-0.39, 0.29) is 5.82 Å². The van der Waals surface area contributed by atoms with Crippen molar-refractivity contribution in [3.8, 4) is 0 Å². The molecule has 6 heteroatoms. The third-order valence-electron chi connectivity index (χ3n) is 3.87. The highest BCUT2D eigenvalue weighted by molar-refractivity contribution is 5.33. The van der Waals surface area contributed by atoms with Gasteiger partial charge in [0.2, 0.25) is 5.89 Å². The van der Waals surface area contributed by atoms with Crippen LogP contribution in [-0.4, -0.2) is 30.5 Å². The Balaban J connectivity index is 2.03. The second-order valence-corrected chi connectivity index (χ2v) is 5.15. The maximum atomic E-state index is 13.6. The number of rotatable bonds is 4. The molecule has 0 radical (unpaired) electrons. The summed E-state index contributed by atoms with van der Waals surface area (Å²) in [7, 11) is 1.58. The lowest BCUT2D eigenvalue weighted by Crippen LogP contribution is -2.35. The zero-order valence-electron chi connectivity index (χ0n) is 11.8. The van der Waals surface area contributed by atoms with Gasteiger partial charge in [0, 0.05) is 20.3 Å². The molecular formula is C15H17FN2O3. The van der Waals surface area contributed by atoms with E-state index in [4.69, 9.17) is 14.0 Å². The third kappa shape index (κ3) is 2.69. The zero-order chi connectivity index (χ0) is 14.7. The molecular weight excluding hydrogens is 275 g/mol. The molecule has 0 amide bonds. The maximum absolute atomic E-state index is 13.6. The van der Waals surface area contributed by atoms with Gasteiger partial charge in [-0.1, -0.05) is 17.3 Å². The fourth-order valence-corrected chi connectivity index (χ4v) is 2.77. The number of hydrogen-bond acceptors (Lipinski definition) is 5. The van der Waals surface area contributed by atoms with Gasteiger partial charge in [0.1, 0.15) is 12.4 Å². The van der Waals surface area contributed by atoms with E-state index in [0.717, 1.165) is 5.56 Å². The Hall–Kier alpha value is -1.79. The molecule has 0 spiro atoms. The largest absolute Gasteiger partial charge is 0.381 e. The van der Waals surface area contributed by atoms with Crippen molar-refractivity contribution in [1.29, 1.82) is 0 Å². The van der Waals surface area contributed by atoms with Gasteiger partial charge in [0.15, 0.2) is 5.82 Å². The smallest absolute Gasteiger partial charge is 0.237 e. The minimum atomic E-state index is -0.487. The van der Waals surface area contributed by atoms with Gasteiger partial charge in [0.05, 0.1) is 5.41 Å². The van der Waals surface area contributed by atoms with Gasteiger partial charge in [-0.05, 0) is 30.5 Å². The van der Waals surface area contributed by atoms with Crippen LogP contribution < -0.4 is 0 Å². The average Bonchev–Trinajstić information content (AvgIpc) is 2.97. The Morgan fingerprint density at radius 3 is 2.86 bits per heavy atom. The van der Waals surface area contributed by atoms with Gasteiger partial charge in [-0.3, -0.25) is 0 Å². The molecule has 3 rings (SSSR count). The molecule has 5 nitrogen and oxygen atoms in total. The first-order valence-electron chi connectivity index (χ1n) is 6.90. The van der Waals surface area contributed by atoms with Crippen LogP contribution >= 0.6 is 0 Å². The second-order valence-electron chi connectivity index (χ2n) is 5.15. The molecule has 1 fully saturated rings. The van der Waals surface area contributed by atoms with Crippen LogP contribution in [0.1, 0.15) is 30.1 Å². The average molecular weight is 292 g/mol. The number of aromatic nitrogens is 2. The highest BCUT2D eigenvalue weighted by Gasteiger charge is 2.41. The highest BCUT2D eigenvalue weighted by Crippen LogP contribution is 2.40. The van der Waals surface area contributed by atoms with Crippen molar-refractivity contribution in [1.82, 2.24) is 10.1 Å². The number of halogens is 1. The van der Waals surface area contributed by atoms with Crippen LogP contribution in [0.2, 0.25) is 0 Å². The summed E-state index contributed by atoms with van der Waals surface area (Å²) in [5.74, 6) is 0.730. The molecule has 2 heterocycles. The predicted molar refractivity (Wildman–Crippen MR) is 72.2 cm³/mol. The molecule has 2 aromatic rings. The molecule has 0 saturated carbocycles.